The average molecular weight is 482 g/mol. The largest absolute Gasteiger partial charge is 0.497 e. The zero-order valence-electron chi connectivity index (χ0n) is 19.9. The number of allylic oxidation sites excluding steroid dienone is 3. The third kappa shape index (κ3) is 3.28. The second-order valence-corrected chi connectivity index (χ2v) is 9.26. The predicted molar refractivity (Wildman–Crippen MR) is 134 cm³/mol. The zero-order valence-corrected chi connectivity index (χ0v) is 19.9. The highest BCUT2D eigenvalue weighted by molar-refractivity contribution is 6.23. The number of amides is 2. The van der Waals surface area contributed by atoms with E-state index in [9.17, 15) is 14.0 Å². The van der Waals surface area contributed by atoms with Crippen molar-refractivity contribution < 1.29 is 23.5 Å². The molecule has 5 nitrogen and oxygen atoms in total. The Hall–Kier alpha value is -4.19. The monoisotopic (exact) mass is 481 g/mol. The number of carbonyl (C=O) groups excluding carboxylic acids is 2. The smallest absolute Gasteiger partial charge is 0.238 e. The SMILES string of the molecule is COc1ccc(C(=C2[C@H]3C=C[C@@H]2[C@H]2C(=O)N(c4ccc(F)cc4)C(=O)[C@@H]23)c2ccc(OC)cc2)cc1. The first-order valence-corrected chi connectivity index (χ1v) is 11.9. The van der Waals surface area contributed by atoms with Gasteiger partial charge in [0.2, 0.25) is 11.8 Å². The molecule has 0 N–H and O–H groups in total. The number of anilines is 1. The van der Waals surface area contributed by atoms with E-state index in [2.05, 4.69) is 12.2 Å². The Bertz CT molecular complexity index is 1320. The summed E-state index contributed by atoms with van der Waals surface area (Å²) in [4.78, 5) is 28.4. The van der Waals surface area contributed by atoms with E-state index < -0.39 is 17.7 Å². The molecule has 1 saturated heterocycles. The molecule has 0 radical (unpaired) electrons. The maximum Gasteiger partial charge on any atom is 0.238 e. The number of benzene rings is 3. The number of rotatable bonds is 5. The fourth-order valence-electron chi connectivity index (χ4n) is 5.96. The van der Waals surface area contributed by atoms with Crippen LogP contribution in [0.2, 0.25) is 0 Å². The molecular formula is C30H24FNO4. The lowest BCUT2D eigenvalue weighted by molar-refractivity contribution is -0.122. The molecular weight excluding hydrogens is 457 g/mol. The lowest BCUT2D eigenvalue weighted by atomic mass is 9.85. The molecule has 4 atom stereocenters. The molecule has 1 aliphatic heterocycles. The quantitative estimate of drug-likeness (QED) is 0.368. The van der Waals surface area contributed by atoms with Crippen LogP contribution in [-0.4, -0.2) is 26.0 Å². The molecule has 3 aromatic carbocycles. The van der Waals surface area contributed by atoms with Crippen LogP contribution in [0, 0.1) is 29.5 Å². The molecule has 1 saturated carbocycles. The van der Waals surface area contributed by atoms with Crippen LogP contribution in [0.3, 0.4) is 0 Å². The van der Waals surface area contributed by atoms with Crippen LogP contribution in [0.25, 0.3) is 5.57 Å². The van der Waals surface area contributed by atoms with Crippen molar-refractivity contribution in [2.45, 2.75) is 0 Å². The van der Waals surface area contributed by atoms with Crippen molar-refractivity contribution in [3.05, 3.63) is 107 Å². The first-order chi connectivity index (χ1) is 17.5. The number of ether oxygens (including phenoxy) is 2. The topological polar surface area (TPSA) is 55.8 Å². The highest BCUT2D eigenvalue weighted by Gasteiger charge is 2.62. The second kappa shape index (κ2) is 8.48. The molecule has 0 aromatic heterocycles. The Morgan fingerprint density at radius 1 is 0.694 bits per heavy atom. The third-order valence-corrected chi connectivity index (χ3v) is 7.55. The van der Waals surface area contributed by atoms with Crippen LogP contribution in [0.15, 0.2) is 90.5 Å². The van der Waals surface area contributed by atoms with Gasteiger partial charge in [0.1, 0.15) is 17.3 Å². The molecule has 0 unspecified atom stereocenters. The van der Waals surface area contributed by atoms with Gasteiger partial charge in [-0.05, 0) is 70.8 Å². The van der Waals surface area contributed by atoms with Crippen LogP contribution < -0.4 is 14.4 Å². The first kappa shape index (κ1) is 22.3. The van der Waals surface area contributed by atoms with E-state index in [1.807, 2.05) is 48.5 Å². The number of hydrogen-bond acceptors (Lipinski definition) is 4. The summed E-state index contributed by atoms with van der Waals surface area (Å²) in [6.07, 6.45) is 4.13. The standard InChI is InChI=1S/C30H24FNO4/c1-35-21-11-3-17(4-12-21)25(18-5-13-22(36-2)14-6-18)26-23-15-16-24(26)28-27(23)29(33)32(30(28)34)20-9-7-19(31)8-10-20/h3-16,23-24,27-28H,1-2H3/t23-,24+,27-,28-/m1/s1. The normalized spacial score (nSPS) is 23.9. The Labute approximate surface area is 208 Å². The number of carbonyl (C=O) groups is 2. The van der Waals surface area contributed by atoms with Crippen molar-refractivity contribution in [3.8, 4) is 11.5 Å². The summed E-state index contributed by atoms with van der Waals surface area (Å²) in [5.74, 6) is -0.691. The highest BCUT2D eigenvalue weighted by Crippen LogP contribution is 2.59. The highest BCUT2D eigenvalue weighted by atomic mass is 19.1. The predicted octanol–water partition coefficient (Wildman–Crippen LogP) is 5.27. The van der Waals surface area contributed by atoms with Crippen molar-refractivity contribution in [1.29, 1.82) is 0 Å². The van der Waals surface area contributed by atoms with Gasteiger partial charge in [0.25, 0.3) is 0 Å². The molecule has 2 aliphatic carbocycles. The number of halogens is 1. The summed E-state index contributed by atoms with van der Waals surface area (Å²) in [6.45, 7) is 0. The van der Waals surface area contributed by atoms with Crippen LogP contribution >= 0.6 is 0 Å². The average Bonchev–Trinajstić information content (AvgIpc) is 3.55. The van der Waals surface area contributed by atoms with Gasteiger partial charge in [0.05, 0.1) is 31.7 Å². The molecule has 3 aromatic rings. The summed E-state index contributed by atoms with van der Waals surface area (Å²) in [7, 11) is 3.26. The van der Waals surface area contributed by atoms with Crippen molar-refractivity contribution in [3.63, 3.8) is 0 Å². The molecule has 0 spiro atoms. The molecule has 180 valence electrons. The zero-order chi connectivity index (χ0) is 25.0. The van der Waals surface area contributed by atoms with Crippen LogP contribution in [0.4, 0.5) is 10.1 Å². The van der Waals surface area contributed by atoms with Gasteiger partial charge in [-0.2, -0.15) is 0 Å². The third-order valence-electron chi connectivity index (χ3n) is 7.55. The van der Waals surface area contributed by atoms with Crippen LogP contribution in [-0.2, 0) is 9.59 Å². The molecule has 1 heterocycles. The van der Waals surface area contributed by atoms with E-state index in [-0.39, 0.29) is 23.7 Å². The Kier molecular flexibility index (Phi) is 5.25. The molecule has 2 fully saturated rings. The maximum atomic E-state index is 13.6. The van der Waals surface area contributed by atoms with Gasteiger partial charge in [0, 0.05) is 11.8 Å². The Morgan fingerprint density at radius 2 is 1.14 bits per heavy atom. The summed E-state index contributed by atoms with van der Waals surface area (Å²) >= 11 is 0. The Morgan fingerprint density at radius 3 is 1.56 bits per heavy atom. The summed E-state index contributed by atoms with van der Waals surface area (Å²) in [6, 6.07) is 21.2. The van der Waals surface area contributed by atoms with Gasteiger partial charge in [0.15, 0.2) is 0 Å². The van der Waals surface area contributed by atoms with E-state index in [1.165, 1.54) is 29.2 Å². The van der Waals surface area contributed by atoms with Gasteiger partial charge >= 0.3 is 0 Å². The molecule has 6 heteroatoms. The van der Waals surface area contributed by atoms with Gasteiger partial charge in [-0.15, -0.1) is 0 Å². The minimum absolute atomic E-state index is 0.193. The number of hydrogen-bond donors (Lipinski definition) is 0. The molecule has 2 bridgehead atoms. The fourth-order valence-corrected chi connectivity index (χ4v) is 5.96. The minimum Gasteiger partial charge on any atom is -0.497 e. The molecule has 6 rings (SSSR count). The molecule has 2 amide bonds. The summed E-state index contributed by atoms with van der Waals surface area (Å²) in [5, 5.41) is 0. The summed E-state index contributed by atoms with van der Waals surface area (Å²) in [5.41, 5.74) is 4.50. The van der Waals surface area contributed by atoms with E-state index in [4.69, 9.17) is 9.47 Å². The van der Waals surface area contributed by atoms with Crippen LogP contribution in [0.5, 0.6) is 11.5 Å². The van der Waals surface area contributed by atoms with E-state index in [1.54, 1.807) is 14.2 Å². The minimum atomic E-state index is -0.473. The Balaban J connectivity index is 1.47. The van der Waals surface area contributed by atoms with Crippen molar-refractivity contribution >= 4 is 23.1 Å². The van der Waals surface area contributed by atoms with Gasteiger partial charge in [-0.25, -0.2) is 9.29 Å². The molecule has 36 heavy (non-hydrogen) atoms. The van der Waals surface area contributed by atoms with E-state index in [0.29, 0.717) is 5.69 Å². The van der Waals surface area contributed by atoms with Crippen molar-refractivity contribution in [2.24, 2.45) is 23.7 Å². The fraction of sp³-hybridized carbons (Fsp3) is 0.200. The summed E-state index contributed by atoms with van der Waals surface area (Å²) < 4.78 is 24.2. The number of methoxy groups -OCH3 is 2. The van der Waals surface area contributed by atoms with Gasteiger partial charge in [-0.1, -0.05) is 36.4 Å². The lowest BCUT2D eigenvalue weighted by Crippen LogP contribution is -2.33. The van der Waals surface area contributed by atoms with E-state index >= 15 is 0 Å². The van der Waals surface area contributed by atoms with Crippen molar-refractivity contribution in [1.82, 2.24) is 0 Å². The number of nitrogens with zero attached hydrogens (tertiary/aromatic N) is 1. The second-order valence-electron chi connectivity index (χ2n) is 9.26. The first-order valence-electron chi connectivity index (χ1n) is 11.9. The van der Waals surface area contributed by atoms with E-state index in [0.717, 1.165) is 33.8 Å². The van der Waals surface area contributed by atoms with Gasteiger partial charge in [-0.3, -0.25) is 9.59 Å². The molecule has 3 aliphatic rings. The maximum absolute atomic E-state index is 13.6. The van der Waals surface area contributed by atoms with Crippen LogP contribution in [0.1, 0.15) is 11.1 Å². The number of imide groups is 1. The number of fused-ring (bicyclic) bond motifs is 5. The van der Waals surface area contributed by atoms with Gasteiger partial charge < -0.3 is 9.47 Å². The van der Waals surface area contributed by atoms with Crippen molar-refractivity contribution in [2.75, 3.05) is 19.1 Å². The lowest BCUT2D eigenvalue weighted by Gasteiger charge is -2.22.